The van der Waals surface area contributed by atoms with Crippen LogP contribution in [0.5, 0.6) is 0 Å². The van der Waals surface area contributed by atoms with E-state index < -0.39 is 0 Å². The molecule has 0 radical (unpaired) electrons. The third-order valence-corrected chi connectivity index (χ3v) is 3.40. The summed E-state index contributed by atoms with van der Waals surface area (Å²) in [4.78, 5) is 12.1. The van der Waals surface area contributed by atoms with Crippen molar-refractivity contribution in [2.75, 3.05) is 26.3 Å². The number of furan rings is 1. The van der Waals surface area contributed by atoms with Crippen LogP contribution in [0, 0.1) is 6.92 Å². The molecule has 106 valence electrons. The van der Waals surface area contributed by atoms with Gasteiger partial charge in [0.05, 0.1) is 13.2 Å². The number of aryl methyl sites for hydroxylation is 1. The molecule has 2 heterocycles. The number of nitrogens with one attached hydrogen (secondary N) is 2. The second kappa shape index (κ2) is 5.64. The Labute approximate surface area is 117 Å². The van der Waals surface area contributed by atoms with Crippen LogP contribution in [0.2, 0.25) is 0 Å². The Kier molecular flexibility index (Phi) is 3.71. The molecule has 0 saturated carbocycles. The number of hydrogen-bond donors (Lipinski definition) is 2. The predicted molar refractivity (Wildman–Crippen MR) is 75.9 cm³/mol. The Balaban J connectivity index is 1.65. The molecule has 20 heavy (non-hydrogen) atoms. The van der Waals surface area contributed by atoms with E-state index in [0.29, 0.717) is 18.9 Å². The molecule has 1 aliphatic heterocycles. The van der Waals surface area contributed by atoms with E-state index in [1.54, 1.807) is 6.07 Å². The zero-order chi connectivity index (χ0) is 13.9. The molecular formula is C15H18N2O3. The molecule has 2 aromatic rings. The summed E-state index contributed by atoms with van der Waals surface area (Å²) in [5.41, 5.74) is 1.88. The first-order valence-electron chi connectivity index (χ1n) is 6.82. The van der Waals surface area contributed by atoms with Gasteiger partial charge < -0.3 is 19.8 Å². The number of carbonyl (C=O) groups is 1. The third-order valence-electron chi connectivity index (χ3n) is 3.40. The fourth-order valence-electron chi connectivity index (χ4n) is 2.33. The minimum atomic E-state index is -0.189. The molecule has 0 aliphatic carbocycles. The lowest BCUT2D eigenvalue weighted by Gasteiger charge is -2.23. The van der Waals surface area contributed by atoms with Crippen molar-refractivity contribution in [3.05, 3.63) is 35.6 Å². The molecule has 1 amide bonds. The quantitative estimate of drug-likeness (QED) is 0.889. The summed E-state index contributed by atoms with van der Waals surface area (Å²) in [6.45, 7) is 4.73. The van der Waals surface area contributed by atoms with Gasteiger partial charge in [-0.3, -0.25) is 4.79 Å². The number of rotatable bonds is 3. The first-order valence-corrected chi connectivity index (χ1v) is 6.82. The Morgan fingerprint density at radius 3 is 3.15 bits per heavy atom. The maximum absolute atomic E-state index is 12.1. The lowest BCUT2D eigenvalue weighted by atomic mass is 10.2. The number of amides is 1. The van der Waals surface area contributed by atoms with Crippen LogP contribution in [-0.4, -0.2) is 38.3 Å². The van der Waals surface area contributed by atoms with Gasteiger partial charge in [0.2, 0.25) is 0 Å². The first-order chi connectivity index (χ1) is 9.72. The van der Waals surface area contributed by atoms with Gasteiger partial charge in [0.1, 0.15) is 5.58 Å². The van der Waals surface area contributed by atoms with Gasteiger partial charge >= 0.3 is 0 Å². The van der Waals surface area contributed by atoms with Gasteiger partial charge in [0.15, 0.2) is 5.76 Å². The molecule has 5 nitrogen and oxygen atoms in total. The molecule has 1 aliphatic rings. The van der Waals surface area contributed by atoms with Gasteiger partial charge in [-0.2, -0.15) is 0 Å². The van der Waals surface area contributed by atoms with E-state index >= 15 is 0 Å². The largest absolute Gasteiger partial charge is 0.451 e. The maximum atomic E-state index is 12.1. The second-order valence-electron chi connectivity index (χ2n) is 5.09. The highest BCUT2D eigenvalue weighted by Crippen LogP contribution is 2.20. The fourth-order valence-corrected chi connectivity index (χ4v) is 2.33. The normalized spacial score (nSPS) is 19.1. The van der Waals surface area contributed by atoms with Crippen molar-refractivity contribution >= 4 is 16.9 Å². The van der Waals surface area contributed by atoms with E-state index in [4.69, 9.17) is 9.15 Å². The standard InChI is InChI=1S/C15H18N2O3/c1-10-2-3-13-11(6-10)7-14(20-13)15(18)17-8-12-9-19-5-4-16-12/h2-3,6-7,12,16H,4-5,8-9H2,1H3,(H,17,18). The monoisotopic (exact) mass is 274 g/mol. The van der Waals surface area contributed by atoms with Gasteiger partial charge in [0, 0.05) is 24.5 Å². The summed E-state index contributed by atoms with van der Waals surface area (Å²) >= 11 is 0. The average Bonchev–Trinajstić information content (AvgIpc) is 2.89. The highest BCUT2D eigenvalue weighted by Gasteiger charge is 2.16. The Hall–Kier alpha value is -1.85. The molecule has 1 fully saturated rings. The van der Waals surface area contributed by atoms with Gasteiger partial charge in [-0.05, 0) is 25.1 Å². The summed E-state index contributed by atoms with van der Waals surface area (Å²) in [6.07, 6.45) is 0. The summed E-state index contributed by atoms with van der Waals surface area (Å²) in [5.74, 6) is 0.161. The number of carbonyl (C=O) groups excluding carboxylic acids is 1. The average molecular weight is 274 g/mol. The topological polar surface area (TPSA) is 63.5 Å². The maximum Gasteiger partial charge on any atom is 0.287 e. The molecular weight excluding hydrogens is 256 g/mol. The van der Waals surface area contributed by atoms with E-state index in [-0.39, 0.29) is 11.9 Å². The minimum Gasteiger partial charge on any atom is -0.451 e. The van der Waals surface area contributed by atoms with Crippen LogP contribution in [-0.2, 0) is 4.74 Å². The van der Waals surface area contributed by atoms with Crippen molar-refractivity contribution in [3.63, 3.8) is 0 Å². The van der Waals surface area contributed by atoms with Crippen LogP contribution >= 0.6 is 0 Å². The highest BCUT2D eigenvalue weighted by atomic mass is 16.5. The van der Waals surface area contributed by atoms with Crippen LogP contribution in [0.25, 0.3) is 11.0 Å². The smallest absolute Gasteiger partial charge is 0.287 e. The summed E-state index contributed by atoms with van der Waals surface area (Å²) < 4.78 is 10.9. The third kappa shape index (κ3) is 2.84. The molecule has 1 unspecified atom stereocenters. The Morgan fingerprint density at radius 2 is 2.35 bits per heavy atom. The molecule has 1 aromatic carbocycles. The van der Waals surface area contributed by atoms with E-state index in [9.17, 15) is 4.79 Å². The number of fused-ring (bicyclic) bond motifs is 1. The summed E-state index contributed by atoms with van der Waals surface area (Å²) in [5, 5.41) is 7.11. The molecule has 3 rings (SSSR count). The highest BCUT2D eigenvalue weighted by molar-refractivity contribution is 5.96. The van der Waals surface area contributed by atoms with E-state index in [1.807, 2.05) is 25.1 Å². The van der Waals surface area contributed by atoms with Crippen molar-refractivity contribution in [1.82, 2.24) is 10.6 Å². The Morgan fingerprint density at radius 1 is 1.45 bits per heavy atom. The first kappa shape index (κ1) is 13.1. The van der Waals surface area contributed by atoms with E-state index in [1.165, 1.54) is 0 Å². The van der Waals surface area contributed by atoms with Crippen LogP contribution in [0.1, 0.15) is 16.1 Å². The SMILES string of the molecule is Cc1ccc2oc(C(=O)NCC3COCCN3)cc2c1. The number of morpholine rings is 1. The summed E-state index contributed by atoms with van der Waals surface area (Å²) in [7, 11) is 0. The molecule has 0 bridgehead atoms. The molecule has 2 N–H and O–H groups in total. The second-order valence-corrected chi connectivity index (χ2v) is 5.09. The number of benzene rings is 1. The molecule has 0 spiro atoms. The zero-order valence-corrected chi connectivity index (χ0v) is 11.4. The van der Waals surface area contributed by atoms with E-state index in [2.05, 4.69) is 10.6 Å². The van der Waals surface area contributed by atoms with Crippen molar-refractivity contribution in [2.24, 2.45) is 0 Å². The number of hydrogen-bond acceptors (Lipinski definition) is 4. The van der Waals surface area contributed by atoms with Crippen LogP contribution < -0.4 is 10.6 Å². The Bertz CT molecular complexity index is 615. The summed E-state index contributed by atoms with van der Waals surface area (Å²) in [6, 6.07) is 7.81. The van der Waals surface area contributed by atoms with Crippen molar-refractivity contribution in [1.29, 1.82) is 0 Å². The predicted octanol–water partition coefficient (Wildman–Crippen LogP) is 1.46. The van der Waals surface area contributed by atoms with Crippen LogP contribution in [0.3, 0.4) is 0 Å². The van der Waals surface area contributed by atoms with Gasteiger partial charge in [-0.15, -0.1) is 0 Å². The molecule has 1 saturated heterocycles. The molecule has 1 aromatic heterocycles. The zero-order valence-electron chi connectivity index (χ0n) is 11.4. The lowest BCUT2D eigenvalue weighted by Crippen LogP contribution is -2.48. The van der Waals surface area contributed by atoms with Gasteiger partial charge in [-0.25, -0.2) is 0 Å². The van der Waals surface area contributed by atoms with Crippen molar-refractivity contribution < 1.29 is 13.9 Å². The van der Waals surface area contributed by atoms with E-state index in [0.717, 1.165) is 29.7 Å². The van der Waals surface area contributed by atoms with Crippen molar-refractivity contribution in [3.8, 4) is 0 Å². The van der Waals surface area contributed by atoms with Crippen LogP contribution in [0.4, 0.5) is 0 Å². The lowest BCUT2D eigenvalue weighted by molar-refractivity contribution is 0.0728. The minimum absolute atomic E-state index is 0.166. The van der Waals surface area contributed by atoms with Crippen molar-refractivity contribution in [2.45, 2.75) is 13.0 Å². The van der Waals surface area contributed by atoms with Crippen LogP contribution in [0.15, 0.2) is 28.7 Å². The fraction of sp³-hybridized carbons (Fsp3) is 0.400. The number of ether oxygens (including phenoxy) is 1. The molecule has 5 heteroatoms. The van der Waals surface area contributed by atoms with Gasteiger partial charge in [0.25, 0.3) is 5.91 Å². The van der Waals surface area contributed by atoms with Gasteiger partial charge in [-0.1, -0.05) is 11.6 Å². The molecule has 1 atom stereocenters.